The molecule has 1 aromatic heterocycles. The number of aliphatic hydroxyl groups excluding tert-OH is 1. The Labute approximate surface area is 173 Å². The van der Waals surface area contributed by atoms with Crippen LogP contribution in [0.5, 0.6) is 0 Å². The standard InChI is InChI=1S/C22H25BrN4O/c23-17-10-8-16(9-11-17)12-13-24-21-19-6-1-2-7-20(19)25-22(26-21)27-14-4-3-5-18(27)15-28/h1-2,6-11,18,28H,3-5,12-15H2,(H,24,25,26). The fraction of sp³-hybridized carbons (Fsp3) is 0.364. The Morgan fingerprint density at radius 1 is 1.07 bits per heavy atom. The number of halogens is 1. The molecule has 0 saturated carbocycles. The van der Waals surface area contributed by atoms with Gasteiger partial charge in [0.1, 0.15) is 5.82 Å². The highest BCUT2D eigenvalue weighted by molar-refractivity contribution is 9.10. The van der Waals surface area contributed by atoms with Crippen LogP contribution in [0.2, 0.25) is 0 Å². The second-order valence-electron chi connectivity index (χ2n) is 7.22. The topological polar surface area (TPSA) is 61.3 Å². The molecular formula is C22H25BrN4O. The molecule has 1 saturated heterocycles. The molecular weight excluding hydrogens is 416 g/mol. The van der Waals surface area contributed by atoms with Gasteiger partial charge >= 0.3 is 0 Å². The third kappa shape index (κ3) is 4.28. The second kappa shape index (κ2) is 8.88. The average molecular weight is 441 g/mol. The quantitative estimate of drug-likeness (QED) is 0.594. The molecule has 1 fully saturated rings. The van der Waals surface area contributed by atoms with Crippen molar-refractivity contribution in [3.8, 4) is 0 Å². The van der Waals surface area contributed by atoms with Crippen molar-refractivity contribution in [2.45, 2.75) is 31.7 Å². The van der Waals surface area contributed by atoms with E-state index in [1.54, 1.807) is 0 Å². The second-order valence-corrected chi connectivity index (χ2v) is 8.13. The fourth-order valence-electron chi connectivity index (χ4n) is 3.76. The first kappa shape index (κ1) is 19.2. The number of piperidine rings is 1. The maximum absolute atomic E-state index is 9.78. The summed E-state index contributed by atoms with van der Waals surface area (Å²) in [7, 11) is 0. The molecule has 146 valence electrons. The number of aliphatic hydroxyl groups is 1. The van der Waals surface area contributed by atoms with Crippen LogP contribution in [-0.2, 0) is 6.42 Å². The van der Waals surface area contributed by atoms with Crippen LogP contribution in [0, 0.1) is 0 Å². The van der Waals surface area contributed by atoms with Crippen molar-refractivity contribution in [1.82, 2.24) is 9.97 Å². The van der Waals surface area contributed by atoms with Crippen LogP contribution in [0.1, 0.15) is 24.8 Å². The molecule has 0 spiro atoms. The molecule has 0 amide bonds. The Bertz CT molecular complexity index is 931. The number of hydrogen-bond donors (Lipinski definition) is 2. The van der Waals surface area contributed by atoms with Crippen molar-refractivity contribution in [2.75, 3.05) is 29.9 Å². The van der Waals surface area contributed by atoms with Gasteiger partial charge in [0, 0.05) is 22.9 Å². The Kier molecular flexibility index (Phi) is 6.07. The normalized spacial score (nSPS) is 17.1. The van der Waals surface area contributed by atoms with E-state index in [0.29, 0.717) is 5.95 Å². The van der Waals surface area contributed by atoms with Crippen LogP contribution in [0.25, 0.3) is 10.9 Å². The minimum absolute atomic E-state index is 0.102. The number of benzene rings is 2. The highest BCUT2D eigenvalue weighted by atomic mass is 79.9. The van der Waals surface area contributed by atoms with Gasteiger partial charge in [-0.25, -0.2) is 4.98 Å². The largest absolute Gasteiger partial charge is 0.394 e. The maximum Gasteiger partial charge on any atom is 0.228 e. The monoisotopic (exact) mass is 440 g/mol. The number of nitrogens with zero attached hydrogens (tertiary/aromatic N) is 3. The lowest BCUT2D eigenvalue weighted by atomic mass is 10.0. The van der Waals surface area contributed by atoms with Crippen LogP contribution in [-0.4, -0.2) is 40.8 Å². The molecule has 0 radical (unpaired) electrons. The highest BCUT2D eigenvalue weighted by Crippen LogP contribution is 2.27. The van der Waals surface area contributed by atoms with E-state index in [2.05, 4.69) is 56.5 Å². The van der Waals surface area contributed by atoms with Crippen LogP contribution >= 0.6 is 15.9 Å². The van der Waals surface area contributed by atoms with Crippen molar-refractivity contribution < 1.29 is 5.11 Å². The molecule has 5 nitrogen and oxygen atoms in total. The van der Waals surface area contributed by atoms with Crippen LogP contribution in [0.4, 0.5) is 11.8 Å². The summed E-state index contributed by atoms with van der Waals surface area (Å²) < 4.78 is 1.09. The predicted octanol–water partition coefficient (Wildman–Crippen LogP) is 4.40. The van der Waals surface area contributed by atoms with Gasteiger partial charge in [-0.05, 0) is 55.5 Å². The summed E-state index contributed by atoms with van der Waals surface area (Å²) in [6, 6.07) is 16.6. The van der Waals surface area contributed by atoms with Gasteiger partial charge in [0.15, 0.2) is 0 Å². The zero-order chi connectivity index (χ0) is 19.3. The zero-order valence-corrected chi connectivity index (χ0v) is 17.4. The van der Waals surface area contributed by atoms with Gasteiger partial charge in [0.2, 0.25) is 5.95 Å². The molecule has 0 bridgehead atoms. The van der Waals surface area contributed by atoms with Crippen molar-refractivity contribution in [1.29, 1.82) is 0 Å². The maximum atomic E-state index is 9.78. The van der Waals surface area contributed by atoms with Gasteiger partial charge in [-0.15, -0.1) is 0 Å². The lowest BCUT2D eigenvalue weighted by molar-refractivity contribution is 0.239. The van der Waals surface area contributed by atoms with Crippen molar-refractivity contribution in [2.24, 2.45) is 0 Å². The van der Waals surface area contributed by atoms with Crippen molar-refractivity contribution >= 4 is 38.6 Å². The Hall–Kier alpha value is -2.18. The molecule has 1 atom stereocenters. The number of aromatic nitrogens is 2. The van der Waals surface area contributed by atoms with Crippen molar-refractivity contribution in [3.63, 3.8) is 0 Å². The Balaban J connectivity index is 1.58. The first-order valence-electron chi connectivity index (χ1n) is 9.87. The van der Waals surface area contributed by atoms with E-state index in [4.69, 9.17) is 9.97 Å². The van der Waals surface area contributed by atoms with Gasteiger partial charge in [-0.1, -0.05) is 40.2 Å². The van der Waals surface area contributed by atoms with E-state index in [1.165, 1.54) is 5.56 Å². The zero-order valence-electron chi connectivity index (χ0n) is 15.8. The number of hydrogen-bond acceptors (Lipinski definition) is 5. The van der Waals surface area contributed by atoms with Gasteiger partial charge in [-0.3, -0.25) is 0 Å². The molecule has 2 N–H and O–H groups in total. The van der Waals surface area contributed by atoms with Crippen LogP contribution in [0.15, 0.2) is 53.0 Å². The lowest BCUT2D eigenvalue weighted by Crippen LogP contribution is -2.43. The summed E-state index contributed by atoms with van der Waals surface area (Å²) in [6.07, 6.45) is 4.16. The minimum Gasteiger partial charge on any atom is -0.394 e. The average Bonchev–Trinajstić information content (AvgIpc) is 2.75. The highest BCUT2D eigenvalue weighted by Gasteiger charge is 2.24. The molecule has 1 aliphatic heterocycles. The lowest BCUT2D eigenvalue weighted by Gasteiger charge is -2.34. The van der Waals surface area contributed by atoms with E-state index in [0.717, 1.165) is 60.0 Å². The first-order valence-corrected chi connectivity index (χ1v) is 10.7. The third-order valence-electron chi connectivity index (χ3n) is 5.31. The SMILES string of the molecule is OCC1CCCCN1c1nc(NCCc2ccc(Br)cc2)c2ccccc2n1. The number of para-hydroxylation sites is 1. The van der Waals surface area contributed by atoms with Crippen LogP contribution in [0.3, 0.4) is 0 Å². The summed E-state index contributed by atoms with van der Waals surface area (Å²) in [5, 5.41) is 14.3. The van der Waals surface area contributed by atoms with Crippen LogP contribution < -0.4 is 10.2 Å². The smallest absolute Gasteiger partial charge is 0.228 e. The fourth-order valence-corrected chi connectivity index (χ4v) is 4.02. The van der Waals surface area contributed by atoms with E-state index >= 15 is 0 Å². The van der Waals surface area contributed by atoms with E-state index < -0.39 is 0 Å². The van der Waals surface area contributed by atoms with Gasteiger partial charge < -0.3 is 15.3 Å². The Morgan fingerprint density at radius 3 is 2.71 bits per heavy atom. The summed E-state index contributed by atoms with van der Waals surface area (Å²) >= 11 is 3.48. The minimum atomic E-state index is 0.102. The van der Waals surface area contributed by atoms with E-state index in [1.807, 2.05) is 18.2 Å². The molecule has 6 heteroatoms. The number of fused-ring (bicyclic) bond motifs is 1. The summed E-state index contributed by atoms with van der Waals surface area (Å²) in [5.41, 5.74) is 2.21. The van der Waals surface area contributed by atoms with E-state index in [9.17, 15) is 5.11 Å². The molecule has 1 aliphatic rings. The molecule has 0 aliphatic carbocycles. The molecule has 4 rings (SSSR count). The first-order chi connectivity index (χ1) is 13.7. The number of nitrogens with one attached hydrogen (secondary N) is 1. The summed E-state index contributed by atoms with van der Waals surface area (Å²) in [6.45, 7) is 1.83. The van der Waals surface area contributed by atoms with Gasteiger partial charge in [-0.2, -0.15) is 4.98 Å². The predicted molar refractivity (Wildman–Crippen MR) is 118 cm³/mol. The third-order valence-corrected chi connectivity index (χ3v) is 5.83. The molecule has 1 unspecified atom stereocenters. The molecule has 28 heavy (non-hydrogen) atoms. The summed E-state index contributed by atoms with van der Waals surface area (Å²) in [4.78, 5) is 11.8. The van der Waals surface area contributed by atoms with E-state index in [-0.39, 0.29) is 12.6 Å². The molecule has 2 heterocycles. The summed E-state index contributed by atoms with van der Waals surface area (Å²) in [5.74, 6) is 1.57. The number of anilines is 2. The molecule has 2 aromatic carbocycles. The Morgan fingerprint density at radius 2 is 1.89 bits per heavy atom. The molecule has 3 aromatic rings. The van der Waals surface area contributed by atoms with Gasteiger partial charge in [0.25, 0.3) is 0 Å². The number of rotatable bonds is 6. The van der Waals surface area contributed by atoms with Crippen molar-refractivity contribution in [3.05, 3.63) is 58.6 Å². The van der Waals surface area contributed by atoms with Gasteiger partial charge in [0.05, 0.1) is 18.2 Å².